The Morgan fingerprint density at radius 1 is 1.12 bits per heavy atom. The van der Waals surface area contributed by atoms with Crippen LogP contribution in [0.5, 0.6) is 5.75 Å². The van der Waals surface area contributed by atoms with Crippen molar-refractivity contribution in [3.8, 4) is 5.75 Å². The number of furan rings is 1. The van der Waals surface area contributed by atoms with Gasteiger partial charge in [-0.3, -0.25) is 14.9 Å². The van der Waals surface area contributed by atoms with Gasteiger partial charge in [-0.25, -0.2) is 13.4 Å². The molecular weight excluding hydrogens is 430 g/mol. The highest BCUT2D eigenvalue weighted by Crippen LogP contribution is 2.33. The Morgan fingerprint density at radius 3 is 2.44 bits per heavy atom. The highest BCUT2D eigenvalue weighted by Gasteiger charge is 2.32. The summed E-state index contributed by atoms with van der Waals surface area (Å²) in [6, 6.07) is 17.3. The number of anilines is 1. The number of ether oxygens (including phenoxy) is 1. The van der Waals surface area contributed by atoms with Gasteiger partial charge in [-0.05, 0) is 60.5 Å². The molecule has 1 aliphatic heterocycles. The zero-order valence-corrected chi connectivity index (χ0v) is 18.4. The fraction of sp³-hybridized carbons (Fsp3) is 0.174. The average molecular weight is 454 g/mol. The Labute approximate surface area is 186 Å². The van der Waals surface area contributed by atoms with Gasteiger partial charge in [-0.1, -0.05) is 24.3 Å². The van der Waals surface area contributed by atoms with Gasteiger partial charge < -0.3 is 9.15 Å². The number of carbonyl (C=O) groups is 1. The van der Waals surface area contributed by atoms with Crippen LogP contribution in [0.4, 0.5) is 5.69 Å². The molecule has 2 aromatic carbocycles. The van der Waals surface area contributed by atoms with Crippen molar-refractivity contribution >= 4 is 27.3 Å². The number of rotatable bonds is 7. The van der Waals surface area contributed by atoms with Crippen molar-refractivity contribution in [3.63, 3.8) is 0 Å². The molecule has 3 aromatic rings. The van der Waals surface area contributed by atoms with Crippen molar-refractivity contribution in [3.05, 3.63) is 89.9 Å². The first kappa shape index (κ1) is 21.5. The van der Waals surface area contributed by atoms with E-state index >= 15 is 0 Å². The Hall–Kier alpha value is -3.72. The van der Waals surface area contributed by atoms with Gasteiger partial charge in [0.15, 0.2) is 5.76 Å². The molecule has 0 saturated carbocycles. The number of amides is 1. The van der Waals surface area contributed by atoms with Crippen LogP contribution >= 0.6 is 0 Å². The van der Waals surface area contributed by atoms with Crippen LogP contribution in [-0.2, 0) is 10.0 Å². The van der Waals surface area contributed by atoms with Crippen molar-refractivity contribution in [2.75, 3.05) is 17.6 Å². The Kier molecular flexibility index (Phi) is 5.91. The van der Waals surface area contributed by atoms with Crippen LogP contribution < -0.4 is 14.9 Å². The molecule has 0 aliphatic carbocycles. The second kappa shape index (κ2) is 8.80. The van der Waals surface area contributed by atoms with Gasteiger partial charge in [-0.15, -0.1) is 0 Å². The molecule has 1 aromatic heterocycles. The van der Waals surface area contributed by atoms with Crippen molar-refractivity contribution < 1.29 is 22.4 Å². The standard InChI is InChI=1S/C23H23N3O5S/c1-3-32(28,29)25-18-10-6-16(7-11-18)20-15-21(17-8-12-19(30-2)13-9-17)26(24-20)23(27)22-5-4-14-31-22/h4-15,21,24-25H,3H2,1-2H3. The molecule has 1 amide bonds. The molecule has 0 saturated heterocycles. The van der Waals surface area contributed by atoms with E-state index in [0.29, 0.717) is 5.69 Å². The van der Waals surface area contributed by atoms with E-state index in [1.165, 1.54) is 11.3 Å². The second-order valence-corrected chi connectivity index (χ2v) is 9.16. The minimum Gasteiger partial charge on any atom is -0.497 e. The maximum atomic E-state index is 13.1. The number of carbonyl (C=O) groups excluding carboxylic acids is 1. The summed E-state index contributed by atoms with van der Waals surface area (Å²) in [6.45, 7) is 1.58. The fourth-order valence-electron chi connectivity index (χ4n) is 3.34. The Balaban J connectivity index is 1.64. The van der Waals surface area contributed by atoms with Gasteiger partial charge in [0.25, 0.3) is 0 Å². The smallest absolute Gasteiger partial charge is 0.308 e. The summed E-state index contributed by atoms with van der Waals surface area (Å²) in [6.07, 6.45) is 3.39. The number of benzene rings is 2. The summed E-state index contributed by atoms with van der Waals surface area (Å²) in [4.78, 5) is 13.1. The van der Waals surface area contributed by atoms with E-state index < -0.39 is 10.0 Å². The number of methoxy groups -OCH3 is 1. The normalized spacial score (nSPS) is 15.8. The summed E-state index contributed by atoms with van der Waals surface area (Å²) in [7, 11) is -1.76. The number of hydrogen-bond acceptors (Lipinski definition) is 6. The van der Waals surface area contributed by atoms with Crippen molar-refractivity contribution in [1.82, 2.24) is 10.4 Å². The zero-order valence-electron chi connectivity index (χ0n) is 17.6. The summed E-state index contributed by atoms with van der Waals surface area (Å²) >= 11 is 0. The molecule has 1 unspecified atom stereocenters. The number of nitrogens with one attached hydrogen (secondary N) is 2. The van der Waals surface area contributed by atoms with Gasteiger partial charge in [0.2, 0.25) is 10.0 Å². The third-order valence-corrected chi connectivity index (χ3v) is 6.41. The molecular formula is C23H23N3O5S. The monoisotopic (exact) mass is 453 g/mol. The van der Waals surface area contributed by atoms with E-state index in [0.717, 1.165) is 22.6 Å². The van der Waals surface area contributed by atoms with Crippen molar-refractivity contribution in [2.24, 2.45) is 0 Å². The van der Waals surface area contributed by atoms with Crippen LogP contribution in [-0.4, -0.2) is 32.2 Å². The van der Waals surface area contributed by atoms with Gasteiger partial charge in [0, 0.05) is 5.69 Å². The second-order valence-electron chi connectivity index (χ2n) is 7.15. The maximum absolute atomic E-state index is 13.1. The molecule has 2 N–H and O–H groups in total. The zero-order chi connectivity index (χ0) is 22.7. The first-order valence-electron chi connectivity index (χ1n) is 10.0. The largest absolute Gasteiger partial charge is 0.497 e. The third kappa shape index (κ3) is 4.47. The summed E-state index contributed by atoms with van der Waals surface area (Å²) in [5.41, 5.74) is 6.05. The predicted octanol–water partition coefficient (Wildman–Crippen LogP) is 3.79. The lowest BCUT2D eigenvalue weighted by Gasteiger charge is -2.24. The number of hydrazine groups is 1. The van der Waals surface area contributed by atoms with Gasteiger partial charge in [-0.2, -0.15) is 0 Å². The van der Waals surface area contributed by atoms with Crippen molar-refractivity contribution in [2.45, 2.75) is 13.0 Å². The summed E-state index contributed by atoms with van der Waals surface area (Å²) in [5.74, 6) is 0.622. The molecule has 32 heavy (non-hydrogen) atoms. The molecule has 0 fully saturated rings. The number of sulfonamides is 1. The fourth-order valence-corrected chi connectivity index (χ4v) is 3.98. The van der Waals surface area contributed by atoms with E-state index in [4.69, 9.17) is 9.15 Å². The molecule has 9 heteroatoms. The van der Waals surface area contributed by atoms with Gasteiger partial charge in [0.1, 0.15) is 5.75 Å². The van der Waals surface area contributed by atoms with Crippen LogP contribution in [0.15, 0.2) is 77.4 Å². The molecule has 166 valence electrons. The average Bonchev–Trinajstić information content (AvgIpc) is 3.50. The van der Waals surface area contributed by atoms with E-state index in [1.54, 1.807) is 50.4 Å². The van der Waals surface area contributed by atoms with Crippen molar-refractivity contribution in [1.29, 1.82) is 0 Å². The summed E-state index contributed by atoms with van der Waals surface area (Å²) < 4.78 is 36.6. The van der Waals surface area contributed by atoms with Crippen LogP contribution in [0.3, 0.4) is 0 Å². The van der Waals surface area contributed by atoms with E-state index in [2.05, 4.69) is 10.1 Å². The molecule has 1 atom stereocenters. The predicted molar refractivity (Wildman–Crippen MR) is 121 cm³/mol. The topological polar surface area (TPSA) is 101 Å². The minimum atomic E-state index is -3.35. The lowest BCUT2D eigenvalue weighted by Crippen LogP contribution is -2.39. The molecule has 0 radical (unpaired) electrons. The van der Waals surface area contributed by atoms with Crippen LogP contribution in [0, 0.1) is 0 Å². The maximum Gasteiger partial charge on any atom is 0.308 e. The van der Waals surface area contributed by atoms with Crippen LogP contribution in [0.1, 0.15) is 34.6 Å². The highest BCUT2D eigenvalue weighted by molar-refractivity contribution is 7.92. The minimum absolute atomic E-state index is 0.00511. The third-order valence-electron chi connectivity index (χ3n) is 5.10. The molecule has 1 aliphatic rings. The lowest BCUT2D eigenvalue weighted by atomic mass is 10.0. The molecule has 2 heterocycles. The molecule has 4 rings (SSSR count). The van der Waals surface area contributed by atoms with Crippen LogP contribution in [0.25, 0.3) is 5.70 Å². The summed E-state index contributed by atoms with van der Waals surface area (Å²) in [5, 5.41) is 1.50. The van der Waals surface area contributed by atoms with E-state index in [9.17, 15) is 13.2 Å². The first-order valence-corrected chi connectivity index (χ1v) is 11.7. The first-order chi connectivity index (χ1) is 15.4. The van der Waals surface area contributed by atoms with Crippen LogP contribution in [0.2, 0.25) is 0 Å². The quantitative estimate of drug-likeness (QED) is 0.565. The SMILES string of the molecule is CCS(=O)(=O)Nc1ccc(C2=CC(c3ccc(OC)cc3)N(C(=O)c3ccco3)N2)cc1. The molecule has 8 nitrogen and oxygen atoms in total. The molecule has 0 spiro atoms. The van der Waals surface area contributed by atoms with E-state index in [1.807, 2.05) is 30.3 Å². The Bertz CT molecular complexity index is 1220. The number of nitrogens with zero attached hydrogens (tertiary/aromatic N) is 1. The number of hydrogen-bond donors (Lipinski definition) is 2. The Morgan fingerprint density at radius 2 is 1.84 bits per heavy atom. The molecule has 0 bridgehead atoms. The lowest BCUT2D eigenvalue weighted by molar-refractivity contribution is 0.0639. The van der Waals surface area contributed by atoms with Gasteiger partial charge >= 0.3 is 5.91 Å². The highest BCUT2D eigenvalue weighted by atomic mass is 32.2. The van der Waals surface area contributed by atoms with Gasteiger partial charge in [0.05, 0.1) is 30.9 Å². The van der Waals surface area contributed by atoms with E-state index in [-0.39, 0.29) is 23.5 Å².